The highest BCUT2D eigenvalue weighted by molar-refractivity contribution is 7.80. The fourth-order valence-corrected chi connectivity index (χ4v) is 0.515. The van der Waals surface area contributed by atoms with Gasteiger partial charge in [-0.05, 0) is 12.2 Å². The maximum atomic E-state index is 8.65. The van der Waals surface area contributed by atoms with E-state index in [9.17, 15) is 0 Å². The monoisotopic (exact) mass is 140 g/mol. The molecule has 0 bridgehead atoms. The lowest BCUT2D eigenvalue weighted by Crippen LogP contribution is -1.97. The number of hydrogen-bond acceptors (Lipinski definition) is 3. The highest BCUT2D eigenvalue weighted by Gasteiger charge is 1.95. The maximum Gasteiger partial charge on any atom is 0.209 e. The molecule has 0 aliphatic carbocycles. The van der Waals surface area contributed by atoms with Crippen molar-refractivity contribution in [3.63, 3.8) is 0 Å². The highest BCUT2D eigenvalue weighted by Crippen LogP contribution is 1.89. The minimum Gasteiger partial charge on any atom is -0.497 e. The van der Waals surface area contributed by atoms with Crippen LogP contribution in [0.5, 0.6) is 0 Å². The molecular formula is C5H4N2OS. The Hall–Kier alpha value is -1.03. The van der Waals surface area contributed by atoms with Crippen LogP contribution in [0.4, 0.5) is 0 Å². The Morgan fingerprint density at radius 3 is 2.67 bits per heavy atom. The van der Waals surface area contributed by atoms with Gasteiger partial charge in [-0.25, -0.2) is 4.98 Å². The first kappa shape index (κ1) is 6.10. The molecule has 9 heavy (non-hydrogen) atoms. The van der Waals surface area contributed by atoms with Crippen molar-refractivity contribution in [3.8, 4) is 0 Å². The van der Waals surface area contributed by atoms with Gasteiger partial charge < -0.3 is 5.11 Å². The summed E-state index contributed by atoms with van der Waals surface area (Å²) >= 11 is 4.42. The van der Waals surface area contributed by atoms with E-state index in [4.69, 9.17) is 5.11 Å². The number of thiocarbonyl (C=S) groups is 1. The van der Waals surface area contributed by atoms with E-state index in [0.717, 1.165) is 0 Å². The topological polar surface area (TPSA) is 46.0 Å². The van der Waals surface area contributed by atoms with Crippen molar-refractivity contribution in [2.24, 2.45) is 0 Å². The second kappa shape index (κ2) is 2.50. The van der Waals surface area contributed by atoms with E-state index >= 15 is 0 Å². The van der Waals surface area contributed by atoms with Crippen LogP contribution in [0.2, 0.25) is 0 Å². The van der Waals surface area contributed by atoms with Gasteiger partial charge in [0, 0.05) is 12.4 Å². The van der Waals surface area contributed by atoms with E-state index in [2.05, 4.69) is 22.2 Å². The molecule has 0 aliphatic heterocycles. The Morgan fingerprint density at radius 2 is 2.33 bits per heavy atom. The van der Waals surface area contributed by atoms with Crippen molar-refractivity contribution < 1.29 is 5.11 Å². The lowest BCUT2D eigenvalue weighted by Gasteiger charge is -1.89. The molecule has 1 aromatic heterocycles. The number of rotatable bonds is 1. The number of nitrogens with zero attached hydrogens (tertiary/aromatic N) is 2. The summed E-state index contributed by atoms with van der Waals surface area (Å²) in [6, 6.07) is 0. The van der Waals surface area contributed by atoms with Crippen LogP contribution in [0.3, 0.4) is 0 Å². The molecule has 46 valence electrons. The zero-order valence-corrected chi connectivity index (χ0v) is 5.30. The van der Waals surface area contributed by atoms with E-state index in [-0.39, 0.29) is 5.05 Å². The Balaban J connectivity index is 2.98. The molecule has 3 nitrogen and oxygen atoms in total. The molecule has 1 heterocycles. The lowest BCUT2D eigenvalue weighted by atomic mass is 10.5. The Labute approximate surface area is 57.4 Å². The molecule has 0 fully saturated rings. The van der Waals surface area contributed by atoms with Gasteiger partial charge in [-0.15, -0.1) is 0 Å². The molecule has 0 aromatic carbocycles. The molecular weight excluding hydrogens is 136 g/mol. The minimum atomic E-state index is -0.219. The summed E-state index contributed by atoms with van der Waals surface area (Å²) in [5.74, 6) is 0. The van der Waals surface area contributed by atoms with E-state index in [1.165, 1.54) is 18.6 Å². The van der Waals surface area contributed by atoms with Gasteiger partial charge >= 0.3 is 0 Å². The van der Waals surface area contributed by atoms with Crippen LogP contribution in [0.15, 0.2) is 18.6 Å². The first-order valence-corrected chi connectivity index (χ1v) is 2.71. The smallest absolute Gasteiger partial charge is 0.209 e. The van der Waals surface area contributed by atoms with Crippen molar-refractivity contribution in [2.75, 3.05) is 0 Å². The average Bonchev–Trinajstić information content (AvgIpc) is 1.90. The third kappa shape index (κ3) is 1.43. The second-order valence-corrected chi connectivity index (χ2v) is 1.78. The molecule has 0 unspecified atom stereocenters. The number of aliphatic hydroxyl groups excluding tert-OH is 1. The Morgan fingerprint density at radius 1 is 1.56 bits per heavy atom. The largest absolute Gasteiger partial charge is 0.497 e. The predicted octanol–water partition coefficient (Wildman–Crippen LogP) is 0.710. The van der Waals surface area contributed by atoms with Crippen molar-refractivity contribution >= 4 is 17.3 Å². The van der Waals surface area contributed by atoms with Crippen LogP contribution in [-0.4, -0.2) is 20.1 Å². The summed E-state index contributed by atoms with van der Waals surface area (Å²) in [5, 5.41) is 8.43. The molecule has 0 radical (unpaired) electrons. The minimum absolute atomic E-state index is 0.219. The number of aromatic nitrogens is 2. The van der Waals surface area contributed by atoms with Gasteiger partial charge in [0.25, 0.3) is 0 Å². The predicted molar refractivity (Wildman–Crippen MR) is 36.4 cm³/mol. The summed E-state index contributed by atoms with van der Waals surface area (Å²) in [4.78, 5) is 7.42. The third-order valence-electron chi connectivity index (χ3n) is 0.782. The van der Waals surface area contributed by atoms with Crippen molar-refractivity contribution in [1.82, 2.24) is 9.97 Å². The zero-order valence-electron chi connectivity index (χ0n) is 4.48. The highest BCUT2D eigenvalue weighted by atomic mass is 32.1. The van der Waals surface area contributed by atoms with Gasteiger partial charge in [0.05, 0.1) is 6.20 Å². The molecule has 4 heteroatoms. The molecule has 0 saturated heterocycles. The van der Waals surface area contributed by atoms with Crippen LogP contribution < -0.4 is 0 Å². The normalized spacial score (nSPS) is 8.89. The number of aliphatic hydroxyl groups is 1. The SMILES string of the molecule is OC(=S)c1cnccn1. The Bertz CT molecular complexity index is 211. The first-order chi connectivity index (χ1) is 4.30. The van der Waals surface area contributed by atoms with Gasteiger partial charge in [-0.3, -0.25) is 4.98 Å². The van der Waals surface area contributed by atoms with Crippen LogP contribution in [0.25, 0.3) is 0 Å². The molecule has 1 rings (SSSR count). The molecule has 0 spiro atoms. The van der Waals surface area contributed by atoms with E-state index in [1.54, 1.807) is 0 Å². The molecule has 1 aromatic rings. The fraction of sp³-hybridized carbons (Fsp3) is 0. The van der Waals surface area contributed by atoms with Gasteiger partial charge in [0.2, 0.25) is 5.05 Å². The van der Waals surface area contributed by atoms with Crippen LogP contribution in [-0.2, 0) is 0 Å². The summed E-state index contributed by atoms with van der Waals surface area (Å²) in [5.41, 5.74) is 0.340. The summed E-state index contributed by atoms with van der Waals surface area (Å²) in [6.45, 7) is 0. The molecule has 0 amide bonds. The van der Waals surface area contributed by atoms with Crippen LogP contribution in [0.1, 0.15) is 5.69 Å². The molecule has 0 aliphatic rings. The standard InChI is InChI=1S/C5H4N2OS/c8-5(9)4-3-6-1-2-7-4/h1-3H,(H,8,9). The van der Waals surface area contributed by atoms with Gasteiger partial charge in [-0.2, -0.15) is 0 Å². The number of hydrogen-bond donors (Lipinski definition) is 1. The van der Waals surface area contributed by atoms with Crippen molar-refractivity contribution in [3.05, 3.63) is 24.3 Å². The van der Waals surface area contributed by atoms with E-state index < -0.39 is 0 Å². The summed E-state index contributed by atoms with van der Waals surface area (Å²) in [6.07, 6.45) is 4.39. The lowest BCUT2D eigenvalue weighted by molar-refractivity contribution is 0.568. The Kier molecular flexibility index (Phi) is 1.69. The van der Waals surface area contributed by atoms with Crippen LogP contribution in [0, 0.1) is 0 Å². The molecule has 0 saturated carbocycles. The van der Waals surface area contributed by atoms with E-state index in [0.29, 0.717) is 5.69 Å². The first-order valence-electron chi connectivity index (χ1n) is 2.30. The quantitative estimate of drug-likeness (QED) is 0.583. The van der Waals surface area contributed by atoms with Crippen molar-refractivity contribution in [2.45, 2.75) is 0 Å². The fourth-order valence-electron chi connectivity index (χ4n) is 0.410. The van der Waals surface area contributed by atoms with Crippen molar-refractivity contribution in [1.29, 1.82) is 0 Å². The van der Waals surface area contributed by atoms with Crippen LogP contribution >= 0.6 is 12.2 Å². The zero-order chi connectivity index (χ0) is 6.69. The summed E-state index contributed by atoms with van der Waals surface area (Å²) < 4.78 is 0. The van der Waals surface area contributed by atoms with Gasteiger partial charge in [-0.1, -0.05) is 0 Å². The average molecular weight is 140 g/mol. The second-order valence-electron chi connectivity index (χ2n) is 1.40. The molecule has 1 N–H and O–H groups in total. The van der Waals surface area contributed by atoms with Gasteiger partial charge in [0.1, 0.15) is 5.69 Å². The maximum absolute atomic E-state index is 8.65. The third-order valence-corrected chi connectivity index (χ3v) is 0.991. The van der Waals surface area contributed by atoms with E-state index in [1.807, 2.05) is 0 Å². The molecule has 0 atom stereocenters. The van der Waals surface area contributed by atoms with Gasteiger partial charge in [0.15, 0.2) is 0 Å². The summed E-state index contributed by atoms with van der Waals surface area (Å²) in [7, 11) is 0.